The van der Waals surface area contributed by atoms with Gasteiger partial charge in [0.05, 0.1) is 6.07 Å². The highest BCUT2D eigenvalue weighted by Gasteiger charge is 2.24. The Bertz CT molecular complexity index is 237. The molecule has 2 N–H and O–H groups in total. The summed E-state index contributed by atoms with van der Waals surface area (Å²) >= 11 is 0. The molecule has 1 aliphatic carbocycles. The predicted octanol–water partition coefficient (Wildman–Crippen LogP) is 2.00. The average molecular weight is 176 g/mol. The van der Waals surface area contributed by atoms with Gasteiger partial charge < -0.3 is 5.73 Å². The summed E-state index contributed by atoms with van der Waals surface area (Å²) in [5.74, 6) is 0.935. The zero-order valence-corrected chi connectivity index (χ0v) is 7.82. The molecule has 1 aliphatic rings. The molecule has 1 rings (SSSR count). The molecule has 0 bridgehead atoms. The molecule has 0 radical (unpaired) electrons. The summed E-state index contributed by atoms with van der Waals surface area (Å²) in [5, 5.41) is 8.39. The number of nitrogens with zero attached hydrogens (tertiary/aromatic N) is 1. The molecule has 0 heterocycles. The van der Waals surface area contributed by atoms with E-state index >= 15 is 0 Å². The Morgan fingerprint density at radius 1 is 1.46 bits per heavy atom. The van der Waals surface area contributed by atoms with Crippen LogP contribution < -0.4 is 5.73 Å². The minimum atomic E-state index is 0.268. The van der Waals surface area contributed by atoms with Gasteiger partial charge in [-0.05, 0) is 31.1 Å². The first-order valence-electron chi connectivity index (χ1n) is 4.72. The van der Waals surface area contributed by atoms with Crippen LogP contribution in [-0.2, 0) is 0 Å². The summed E-state index contributed by atoms with van der Waals surface area (Å²) in [6, 6.07) is 2.29. The molecule has 0 aromatic heterocycles. The van der Waals surface area contributed by atoms with Gasteiger partial charge in [-0.25, -0.2) is 0 Å². The normalized spacial score (nSPS) is 34.3. The second-order valence-electron chi connectivity index (χ2n) is 3.62. The van der Waals surface area contributed by atoms with E-state index in [4.69, 9.17) is 11.0 Å². The number of nitrogens with two attached hydrogens (primary N) is 1. The largest absolute Gasteiger partial charge is 0.327 e. The highest BCUT2D eigenvalue weighted by molar-refractivity contribution is 5.06. The molecule has 3 atom stereocenters. The Kier molecular flexibility index (Phi) is 3.72. The van der Waals surface area contributed by atoms with Crippen LogP contribution in [-0.4, -0.2) is 6.04 Å². The molecule has 0 aliphatic heterocycles. The first-order chi connectivity index (χ1) is 6.27. The summed E-state index contributed by atoms with van der Waals surface area (Å²) in [7, 11) is 0. The van der Waals surface area contributed by atoms with Crippen LogP contribution in [0.5, 0.6) is 0 Å². The summed E-state index contributed by atoms with van der Waals surface area (Å²) in [6.07, 6.45) is 8.69. The first kappa shape index (κ1) is 10.0. The average Bonchev–Trinajstić information content (AvgIpc) is 2.16. The van der Waals surface area contributed by atoms with Gasteiger partial charge in [-0.15, -0.1) is 6.58 Å². The molecule has 2 unspecified atom stereocenters. The van der Waals surface area contributed by atoms with Crippen LogP contribution in [0.25, 0.3) is 0 Å². The van der Waals surface area contributed by atoms with E-state index in [1.54, 1.807) is 6.08 Å². The van der Waals surface area contributed by atoms with Crippen LogP contribution >= 0.6 is 0 Å². The topological polar surface area (TPSA) is 49.8 Å². The Hall–Kier alpha value is -1.07. The van der Waals surface area contributed by atoms with E-state index < -0.39 is 0 Å². The molecule has 0 spiro atoms. The van der Waals surface area contributed by atoms with Gasteiger partial charge in [-0.3, -0.25) is 0 Å². The maximum absolute atomic E-state index is 8.39. The van der Waals surface area contributed by atoms with E-state index in [2.05, 4.69) is 6.58 Å². The monoisotopic (exact) mass is 176 g/mol. The fourth-order valence-electron chi connectivity index (χ4n) is 1.89. The number of allylic oxidation sites excluding steroid dienone is 2. The Morgan fingerprint density at radius 2 is 2.23 bits per heavy atom. The minimum Gasteiger partial charge on any atom is -0.327 e. The third-order valence-corrected chi connectivity index (χ3v) is 2.74. The summed E-state index contributed by atoms with van der Waals surface area (Å²) in [6.45, 7) is 3.78. The molecule has 1 fully saturated rings. The van der Waals surface area contributed by atoms with Crippen molar-refractivity contribution >= 4 is 0 Å². The van der Waals surface area contributed by atoms with Gasteiger partial charge in [-0.2, -0.15) is 5.26 Å². The summed E-state index contributed by atoms with van der Waals surface area (Å²) < 4.78 is 0. The minimum absolute atomic E-state index is 0.268. The van der Waals surface area contributed by atoms with Crippen molar-refractivity contribution < 1.29 is 0 Å². The maximum Gasteiger partial charge on any atom is 0.0908 e. The number of hydrogen-bond acceptors (Lipinski definition) is 2. The highest BCUT2D eigenvalue weighted by atomic mass is 14.7. The van der Waals surface area contributed by atoms with Gasteiger partial charge in [0.2, 0.25) is 0 Å². The second-order valence-corrected chi connectivity index (χ2v) is 3.62. The second kappa shape index (κ2) is 4.84. The lowest BCUT2D eigenvalue weighted by atomic mass is 9.78. The number of nitriles is 1. The van der Waals surface area contributed by atoms with E-state index in [-0.39, 0.29) is 6.04 Å². The lowest BCUT2D eigenvalue weighted by Crippen LogP contribution is -2.34. The lowest BCUT2D eigenvalue weighted by molar-refractivity contribution is 0.309. The quantitative estimate of drug-likeness (QED) is 0.516. The molecule has 0 aromatic carbocycles. The van der Waals surface area contributed by atoms with Crippen molar-refractivity contribution in [1.29, 1.82) is 5.26 Å². The summed E-state index contributed by atoms with van der Waals surface area (Å²) in [5.41, 5.74) is 5.92. The van der Waals surface area contributed by atoms with Crippen LogP contribution in [0.3, 0.4) is 0 Å². The zero-order chi connectivity index (χ0) is 9.68. The van der Waals surface area contributed by atoms with Crippen LogP contribution in [0.2, 0.25) is 0 Å². The van der Waals surface area contributed by atoms with E-state index in [1.165, 1.54) is 0 Å². The van der Waals surface area contributed by atoms with Crippen LogP contribution in [0, 0.1) is 23.2 Å². The Morgan fingerprint density at radius 3 is 2.85 bits per heavy atom. The number of hydrogen-bond donors (Lipinski definition) is 1. The van der Waals surface area contributed by atoms with E-state index in [0.29, 0.717) is 11.8 Å². The van der Waals surface area contributed by atoms with Crippen molar-refractivity contribution in [3.63, 3.8) is 0 Å². The Balaban J connectivity index is 2.50. The van der Waals surface area contributed by atoms with Crippen LogP contribution in [0.4, 0.5) is 0 Å². The van der Waals surface area contributed by atoms with Crippen molar-refractivity contribution in [3.8, 4) is 6.07 Å². The molecule has 2 nitrogen and oxygen atoms in total. The Labute approximate surface area is 79.7 Å². The lowest BCUT2D eigenvalue weighted by Gasteiger charge is -2.30. The maximum atomic E-state index is 8.39. The van der Waals surface area contributed by atoms with Crippen molar-refractivity contribution in [1.82, 2.24) is 0 Å². The summed E-state index contributed by atoms with van der Waals surface area (Å²) in [4.78, 5) is 0. The third kappa shape index (κ3) is 2.71. The van der Waals surface area contributed by atoms with Gasteiger partial charge in [0.25, 0.3) is 0 Å². The zero-order valence-electron chi connectivity index (χ0n) is 7.82. The van der Waals surface area contributed by atoms with Gasteiger partial charge >= 0.3 is 0 Å². The SMILES string of the molecule is C=CC1CC(/C=C/C#N)CC[C@@H]1N. The molecular weight excluding hydrogens is 160 g/mol. The molecule has 1 saturated carbocycles. The molecule has 2 heteroatoms. The smallest absolute Gasteiger partial charge is 0.0908 e. The van der Waals surface area contributed by atoms with Gasteiger partial charge in [-0.1, -0.05) is 12.2 Å². The third-order valence-electron chi connectivity index (χ3n) is 2.74. The van der Waals surface area contributed by atoms with Crippen molar-refractivity contribution in [2.75, 3.05) is 0 Å². The fourth-order valence-corrected chi connectivity index (χ4v) is 1.89. The van der Waals surface area contributed by atoms with Gasteiger partial charge in [0.15, 0.2) is 0 Å². The molecule has 0 saturated heterocycles. The fraction of sp³-hybridized carbons (Fsp3) is 0.545. The highest BCUT2D eigenvalue weighted by Crippen LogP contribution is 2.29. The standard InChI is InChI=1S/C11H16N2/c1-2-10-8-9(4-3-7-12)5-6-11(10)13/h2-4,9-11H,1,5-6,8,13H2/b4-3+/t9?,10?,11-/m0/s1. The molecule has 0 aromatic rings. The van der Waals surface area contributed by atoms with Gasteiger partial charge in [0.1, 0.15) is 0 Å². The molecule has 0 amide bonds. The van der Waals surface area contributed by atoms with Crippen LogP contribution in [0.15, 0.2) is 24.8 Å². The molecule has 13 heavy (non-hydrogen) atoms. The molecule has 70 valence electrons. The van der Waals surface area contributed by atoms with Gasteiger partial charge in [0, 0.05) is 12.1 Å². The van der Waals surface area contributed by atoms with Crippen molar-refractivity contribution in [2.45, 2.75) is 25.3 Å². The van der Waals surface area contributed by atoms with Crippen molar-refractivity contribution in [3.05, 3.63) is 24.8 Å². The first-order valence-corrected chi connectivity index (χ1v) is 4.72. The molecular formula is C11H16N2. The van der Waals surface area contributed by atoms with Crippen molar-refractivity contribution in [2.24, 2.45) is 17.6 Å². The predicted molar refractivity (Wildman–Crippen MR) is 53.8 cm³/mol. The van der Waals surface area contributed by atoms with Crippen LogP contribution in [0.1, 0.15) is 19.3 Å². The number of rotatable bonds is 2. The van der Waals surface area contributed by atoms with E-state index in [0.717, 1.165) is 19.3 Å². The van der Waals surface area contributed by atoms with E-state index in [9.17, 15) is 0 Å². The van der Waals surface area contributed by atoms with E-state index in [1.807, 2.05) is 18.2 Å².